The number of hydrogen-bond acceptors (Lipinski definition) is 3. The molecule has 0 heterocycles. The monoisotopic (exact) mass is 254 g/mol. The average Bonchev–Trinajstić information content (AvgIpc) is 2.38. The van der Waals surface area contributed by atoms with Crippen LogP contribution in [0.2, 0.25) is 0 Å². The Morgan fingerprint density at radius 3 is 2.83 bits per heavy atom. The van der Waals surface area contributed by atoms with Crippen molar-refractivity contribution in [3.05, 3.63) is 30.1 Å². The minimum atomic E-state index is -0.387. The standard InChI is InChI=1S/C13H19FN2O2/c1-15-8-7-13(17)16(2)9-10-18-12-6-4-3-5-11(12)14/h3-6,15H,7-10H2,1-2H3. The van der Waals surface area contributed by atoms with Gasteiger partial charge in [0, 0.05) is 20.0 Å². The van der Waals surface area contributed by atoms with Gasteiger partial charge in [-0.15, -0.1) is 0 Å². The fourth-order valence-corrected chi connectivity index (χ4v) is 1.40. The van der Waals surface area contributed by atoms with E-state index in [9.17, 15) is 9.18 Å². The Labute approximate surface area is 107 Å². The van der Waals surface area contributed by atoms with Crippen molar-refractivity contribution in [2.45, 2.75) is 6.42 Å². The van der Waals surface area contributed by atoms with E-state index in [1.54, 1.807) is 37.2 Å². The van der Waals surface area contributed by atoms with Crippen molar-refractivity contribution in [2.75, 3.05) is 33.8 Å². The molecule has 0 saturated carbocycles. The Bertz CT molecular complexity index is 385. The van der Waals surface area contributed by atoms with Crippen LogP contribution in [0.4, 0.5) is 4.39 Å². The van der Waals surface area contributed by atoms with Gasteiger partial charge in [0.05, 0.1) is 6.54 Å². The van der Waals surface area contributed by atoms with Crippen molar-refractivity contribution >= 4 is 5.91 Å². The topological polar surface area (TPSA) is 41.6 Å². The van der Waals surface area contributed by atoms with Gasteiger partial charge in [0.25, 0.3) is 0 Å². The molecule has 4 nitrogen and oxygen atoms in total. The number of ether oxygens (including phenoxy) is 1. The Morgan fingerprint density at radius 1 is 1.44 bits per heavy atom. The molecule has 0 atom stereocenters. The number of rotatable bonds is 7. The summed E-state index contributed by atoms with van der Waals surface area (Å²) >= 11 is 0. The van der Waals surface area contributed by atoms with E-state index in [1.165, 1.54) is 6.07 Å². The van der Waals surface area contributed by atoms with E-state index in [0.29, 0.717) is 19.5 Å². The Kier molecular flexibility index (Phi) is 6.14. The number of carbonyl (C=O) groups excluding carboxylic acids is 1. The number of carbonyl (C=O) groups is 1. The summed E-state index contributed by atoms with van der Waals surface area (Å²) in [5.74, 6) is -0.128. The SMILES string of the molecule is CNCCC(=O)N(C)CCOc1ccccc1F. The first-order chi connectivity index (χ1) is 8.65. The van der Waals surface area contributed by atoms with Gasteiger partial charge in [0.15, 0.2) is 11.6 Å². The lowest BCUT2D eigenvalue weighted by atomic mass is 10.3. The molecule has 0 bridgehead atoms. The number of nitrogens with one attached hydrogen (secondary N) is 1. The van der Waals surface area contributed by atoms with Crippen molar-refractivity contribution in [3.63, 3.8) is 0 Å². The molecule has 0 aliphatic rings. The third-order valence-corrected chi connectivity index (χ3v) is 2.54. The van der Waals surface area contributed by atoms with Gasteiger partial charge in [0.1, 0.15) is 6.61 Å². The van der Waals surface area contributed by atoms with Crippen LogP contribution in [0.15, 0.2) is 24.3 Å². The Balaban J connectivity index is 2.29. The van der Waals surface area contributed by atoms with Crippen LogP contribution < -0.4 is 10.1 Å². The maximum atomic E-state index is 13.2. The number of nitrogens with zero attached hydrogens (tertiary/aromatic N) is 1. The normalized spacial score (nSPS) is 10.2. The fraction of sp³-hybridized carbons (Fsp3) is 0.462. The molecule has 1 N–H and O–H groups in total. The Hall–Kier alpha value is -1.62. The fourth-order valence-electron chi connectivity index (χ4n) is 1.40. The molecule has 1 aromatic carbocycles. The molecule has 0 saturated heterocycles. The molecule has 5 heteroatoms. The molecule has 0 aliphatic heterocycles. The molecule has 0 aromatic heterocycles. The minimum Gasteiger partial charge on any atom is -0.489 e. The van der Waals surface area contributed by atoms with Gasteiger partial charge >= 0.3 is 0 Å². The quantitative estimate of drug-likeness (QED) is 0.797. The highest BCUT2D eigenvalue weighted by Crippen LogP contribution is 2.14. The van der Waals surface area contributed by atoms with Crippen LogP contribution in [-0.2, 0) is 4.79 Å². The molecule has 0 fully saturated rings. The van der Waals surface area contributed by atoms with Crippen molar-refractivity contribution in [1.82, 2.24) is 10.2 Å². The number of amides is 1. The number of likely N-dealkylation sites (N-methyl/N-ethyl adjacent to an activating group) is 1. The maximum Gasteiger partial charge on any atom is 0.223 e. The number of halogens is 1. The van der Waals surface area contributed by atoms with Crippen LogP contribution in [-0.4, -0.2) is 44.6 Å². The Morgan fingerprint density at radius 2 is 2.17 bits per heavy atom. The number of para-hydroxylation sites is 1. The molecule has 18 heavy (non-hydrogen) atoms. The second kappa shape index (κ2) is 7.66. The molecule has 0 spiro atoms. The summed E-state index contributed by atoms with van der Waals surface area (Å²) in [6.07, 6.45) is 0.451. The van der Waals surface area contributed by atoms with E-state index in [4.69, 9.17) is 4.74 Å². The molecule has 0 aliphatic carbocycles. The summed E-state index contributed by atoms with van der Waals surface area (Å²) < 4.78 is 18.5. The highest BCUT2D eigenvalue weighted by atomic mass is 19.1. The summed E-state index contributed by atoms with van der Waals surface area (Å²) in [6, 6.07) is 6.23. The van der Waals surface area contributed by atoms with Gasteiger partial charge in [-0.05, 0) is 19.2 Å². The zero-order valence-corrected chi connectivity index (χ0v) is 10.8. The van der Waals surface area contributed by atoms with E-state index in [-0.39, 0.29) is 24.1 Å². The van der Waals surface area contributed by atoms with Gasteiger partial charge in [-0.1, -0.05) is 12.1 Å². The predicted molar refractivity (Wildman–Crippen MR) is 68.1 cm³/mol. The van der Waals surface area contributed by atoms with E-state index >= 15 is 0 Å². The minimum absolute atomic E-state index is 0.0430. The van der Waals surface area contributed by atoms with Crippen molar-refractivity contribution in [1.29, 1.82) is 0 Å². The third kappa shape index (κ3) is 4.71. The van der Waals surface area contributed by atoms with Gasteiger partial charge in [-0.25, -0.2) is 4.39 Å². The summed E-state index contributed by atoms with van der Waals surface area (Å²) in [6.45, 7) is 1.37. The highest BCUT2D eigenvalue weighted by molar-refractivity contribution is 5.76. The van der Waals surface area contributed by atoms with Crippen molar-refractivity contribution in [2.24, 2.45) is 0 Å². The van der Waals surface area contributed by atoms with Gasteiger partial charge in [0.2, 0.25) is 5.91 Å². The smallest absolute Gasteiger partial charge is 0.223 e. The molecule has 1 aromatic rings. The second-order valence-corrected chi connectivity index (χ2v) is 3.95. The molecule has 0 unspecified atom stereocenters. The largest absolute Gasteiger partial charge is 0.489 e. The first-order valence-electron chi connectivity index (χ1n) is 5.91. The van der Waals surface area contributed by atoms with Gasteiger partial charge in [-0.3, -0.25) is 4.79 Å². The summed E-state index contributed by atoms with van der Waals surface area (Å²) in [4.78, 5) is 13.1. The van der Waals surface area contributed by atoms with Crippen LogP contribution in [0.1, 0.15) is 6.42 Å². The van der Waals surface area contributed by atoms with Crippen molar-refractivity contribution in [3.8, 4) is 5.75 Å². The summed E-state index contributed by atoms with van der Waals surface area (Å²) in [5, 5.41) is 2.91. The molecule has 100 valence electrons. The average molecular weight is 254 g/mol. The van der Waals surface area contributed by atoms with Crippen LogP contribution >= 0.6 is 0 Å². The van der Waals surface area contributed by atoms with Gasteiger partial charge in [-0.2, -0.15) is 0 Å². The van der Waals surface area contributed by atoms with E-state index in [1.807, 2.05) is 0 Å². The number of benzene rings is 1. The lowest BCUT2D eigenvalue weighted by molar-refractivity contribution is -0.130. The predicted octanol–water partition coefficient (Wildman–Crippen LogP) is 1.27. The first kappa shape index (κ1) is 14.4. The van der Waals surface area contributed by atoms with E-state index in [0.717, 1.165) is 0 Å². The highest BCUT2D eigenvalue weighted by Gasteiger charge is 2.08. The third-order valence-electron chi connectivity index (χ3n) is 2.54. The lowest BCUT2D eigenvalue weighted by Gasteiger charge is -2.17. The first-order valence-corrected chi connectivity index (χ1v) is 5.91. The lowest BCUT2D eigenvalue weighted by Crippen LogP contribution is -2.32. The second-order valence-electron chi connectivity index (χ2n) is 3.95. The van der Waals surface area contributed by atoms with E-state index in [2.05, 4.69) is 5.32 Å². The molecular weight excluding hydrogens is 235 g/mol. The van der Waals surface area contributed by atoms with Crippen LogP contribution in [0.3, 0.4) is 0 Å². The molecular formula is C13H19FN2O2. The van der Waals surface area contributed by atoms with Gasteiger partial charge < -0.3 is 15.0 Å². The number of hydrogen-bond donors (Lipinski definition) is 1. The van der Waals surface area contributed by atoms with Crippen LogP contribution in [0.25, 0.3) is 0 Å². The molecule has 1 amide bonds. The zero-order chi connectivity index (χ0) is 13.4. The molecule has 1 rings (SSSR count). The summed E-state index contributed by atoms with van der Waals surface area (Å²) in [5.41, 5.74) is 0. The molecule has 0 radical (unpaired) electrons. The van der Waals surface area contributed by atoms with E-state index < -0.39 is 0 Å². The zero-order valence-electron chi connectivity index (χ0n) is 10.8. The van der Waals surface area contributed by atoms with Crippen LogP contribution in [0, 0.1) is 5.82 Å². The van der Waals surface area contributed by atoms with Crippen molar-refractivity contribution < 1.29 is 13.9 Å². The maximum absolute atomic E-state index is 13.2. The summed E-state index contributed by atoms with van der Waals surface area (Å²) in [7, 11) is 3.51. The van der Waals surface area contributed by atoms with Crippen LogP contribution in [0.5, 0.6) is 5.75 Å².